The largest absolute Gasteiger partial charge is 0.381 e. The minimum Gasteiger partial charge on any atom is -0.381 e. The van der Waals surface area contributed by atoms with Crippen LogP contribution in [0.2, 0.25) is 0 Å². The third kappa shape index (κ3) is 4.47. The summed E-state index contributed by atoms with van der Waals surface area (Å²) in [6.45, 7) is 2.22. The van der Waals surface area contributed by atoms with Crippen LogP contribution in [0.4, 0.5) is 9.18 Å². The van der Waals surface area contributed by atoms with Crippen molar-refractivity contribution in [3.8, 4) is 0 Å². The van der Waals surface area contributed by atoms with E-state index in [1.807, 2.05) is 0 Å². The zero-order valence-corrected chi connectivity index (χ0v) is 12.0. The maximum atomic E-state index is 13.5. The third-order valence-electron chi connectivity index (χ3n) is 3.03. The van der Waals surface area contributed by atoms with Crippen molar-refractivity contribution in [2.45, 2.75) is 13.0 Å². The van der Waals surface area contributed by atoms with Gasteiger partial charge < -0.3 is 15.4 Å². The van der Waals surface area contributed by atoms with E-state index in [4.69, 9.17) is 4.74 Å². The van der Waals surface area contributed by atoms with Gasteiger partial charge in [0, 0.05) is 35.7 Å². The number of urea groups is 1. The summed E-state index contributed by atoms with van der Waals surface area (Å²) in [7, 11) is 0. The third-order valence-corrected chi connectivity index (χ3v) is 3.52. The number of benzene rings is 1. The number of amides is 2. The van der Waals surface area contributed by atoms with Gasteiger partial charge in [0.25, 0.3) is 0 Å². The Labute approximate surface area is 119 Å². The molecule has 0 aromatic heterocycles. The molecule has 1 atom stereocenters. The Morgan fingerprint density at radius 2 is 2.32 bits per heavy atom. The number of nitrogens with one attached hydrogen (secondary N) is 2. The summed E-state index contributed by atoms with van der Waals surface area (Å²) < 4.78 is 19.4. The molecule has 0 aliphatic carbocycles. The summed E-state index contributed by atoms with van der Waals surface area (Å²) in [5.74, 6) is 0.0500. The fraction of sp³-hybridized carbons (Fsp3) is 0.462. The molecule has 1 heterocycles. The van der Waals surface area contributed by atoms with Gasteiger partial charge >= 0.3 is 6.03 Å². The second kappa shape index (κ2) is 6.86. The van der Waals surface area contributed by atoms with E-state index in [1.54, 1.807) is 12.1 Å². The molecular weight excluding hydrogens is 315 g/mol. The zero-order chi connectivity index (χ0) is 13.7. The van der Waals surface area contributed by atoms with Gasteiger partial charge in [0.15, 0.2) is 0 Å². The summed E-state index contributed by atoms with van der Waals surface area (Å²) >= 11 is 3.19. The molecule has 4 nitrogen and oxygen atoms in total. The fourth-order valence-electron chi connectivity index (χ4n) is 1.88. The number of rotatable bonds is 4. The number of ether oxygens (including phenoxy) is 1. The predicted molar refractivity (Wildman–Crippen MR) is 73.3 cm³/mol. The van der Waals surface area contributed by atoms with Crippen LogP contribution in [0.1, 0.15) is 12.0 Å². The highest BCUT2D eigenvalue weighted by Crippen LogP contribution is 2.15. The Morgan fingerprint density at radius 1 is 1.47 bits per heavy atom. The van der Waals surface area contributed by atoms with Crippen molar-refractivity contribution in [2.24, 2.45) is 5.92 Å². The summed E-state index contributed by atoms with van der Waals surface area (Å²) in [4.78, 5) is 11.6. The van der Waals surface area contributed by atoms with Gasteiger partial charge in [0.2, 0.25) is 0 Å². The van der Waals surface area contributed by atoms with E-state index in [2.05, 4.69) is 26.6 Å². The maximum absolute atomic E-state index is 13.5. The van der Waals surface area contributed by atoms with Gasteiger partial charge in [0.1, 0.15) is 5.82 Å². The molecule has 0 unspecified atom stereocenters. The minimum absolute atomic E-state index is 0.173. The lowest BCUT2D eigenvalue weighted by atomic mass is 10.1. The van der Waals surface area contributed by atoms with Gasteiger partial charge in [0.05, 0.1) is 6.61 Å². The van der Waals surface area contributed by atoms with Crippen LogP contribution < -0.4 is 10.6 Å². The van der Waals surface area contributed by atoms with Gasteiger partial charge in [-0.2, -0.15) is 0 Å². The van der Waals surface area contributed by atoms with Gasteiger partial charge in [-0.05, 0) is 18.6 Å². The molecule has 19 heavy (non-hydrogen) atoms. The quantitative estimate of drug-likeness (QED) is 0.890. The lowest BCUT2D eigenvalue weighted by Crippen LogP contribution is -2.38. The second-order valence-electron chi connectivity index (χ2n) is 4.53. The average molecular weight is 331 g/mol. The Bertz CT molecular complexity index is 450. The molecule has 0 spiro atoms. The Balaban J connectivity index is 1.73. The van der Waals surface area contributed by atoms with Crippen LogP contribution in [-0.2, 0) is 11.3 Å². The summed E-state index contributed by atoms with van der Waals surface area (Å²) in [5, 5.41) is 5.40. The van der Waals surface area contributed by atoms with E-state index in [0.29, 0.717) is 29.1 Å². The van der Waals surface area contributed by atoms with Crippen molar-refractivity contribution in [3.63, 3.8) is 0 Å². The normalized spacial score (nSPS) is 18.3. The molecule has 1 aliphatic rings. The second-order valence-corrected chi connectivity index (χ2v) is 5.44. The lowest BCUT2D eigenvalue weighted by Gasteiger charge is -2.11. The molecule has 0 saturated carbocycles. The summed E-state index contributed by atoms with van der Waals surface area (Å²) in [6.07, 6.45) is 0.974. The molecule has 1 aromatic carbocycles. The van der Waals surface area contributed by atoms with Crippen molar-refractivity contribution in [1.82, 2.24) is 10.6 Å². The van der Waals surface area contributed by atoms with Gasteiger partial charge in [-0.25, -0.2) is 9.18 Å². The number of carbonyl (C=O) groups is 1. The number of carbonyl (C=O) groups excluding carboxylic acids is 1. The minimum atomic E-state index is -0.334. The number of hydrogen-bond donors (Lipinski definition) is 2. The van der Waals surface area contributed by atoms with Gasteiger partial charge in [-0.15, -0.1) is 0 Å². The summed E-state index contributed by atoms with van der Waals surface area (Å²) in [6, 6.07) is 4.48. The molecule has 104 valence electrons. The number of halogens is 2. The van der Waals surface area contributed by atoms with E-state index < -0.39 is 0 Å². The van der Waals surface area contributed by atoms with Gasteiger partial charge in [-0.1, -0.05) is 22.0 Å². The van der Waals surface area contributed by atoms with Crippen LogP contribution in [0.3, 0.4) is 0 Å². The molecule has 1 aromatic rings. The molecule has 2 amide bonds. The van der Waals surface area contributed by atoms with E-state index >= 15 is 0 Å². The van der Waals surface area contributed by atoms with Crippen molar-refractivity contribution in [2.75, 3.05) is 19.8 Å². The first kappa shape index (κ1) is 14.3. The monoisotopic (exact) mass is 330 g/mol. The predicted octanol–water partition coefficient (Wildman–Crippen LogP) is 2.42. The zero-order valence-electron chi connectivity index (χ0n) is 10.4. The molecule has 2 N–H and O–H groups in total. The molecule has 0 radical (unpaired) electrons. The SMILES string of the molecule is O=C(NCc1ccc(Br)cc1F)NC[C@@H]1CCOC1. The van der Waals surface area contributed by atoms with Crippen molar-refractivity contribution in [1.29, 1.82) is 0 Å². The Kier molecular flexibility index (Phi) is 5.15. The van der Waals surface area contributed by atoms with Crippen LogP contribution in [0.5, 0.6) is 0 Å². The molecule has 0 bridgehead atoms. The highest BCUT2D eigenvalue weighted by Gasteiger charge is 2.16. The van der Waals surface area contributed by atoms with Crippen LogP contribution >= 0.6 is 15.9 Å². The molecule has 1 aliphatic heterocycles. The van der Waals surface area contributed by atoms with E-state index in [9.17, 15) is 9.18 Å². The first-order valence-corrected chi connectivity index (χ1v) is 6.98. The molecule has 1 fully saturated rings. The highest BCUT2D eigenvalue weighted by atomic mass is 79.9. The van der Waals surface area contributed by atoms with E-state index in [-0.39, 0.29) is 18.4 Å². The van der Waals surface area contributed by atoms with Crippen LogP contribution in [0.25, 0.3) is 0 Å². The lowest BCUT2D eigenvalue weighted by molar-refractivity contribution is 0.185. The first-order valence-electron chi connectivity index (χ1n) is 6.18. The standard InChI is InChI=1S/C13H16BrFN2O2/c14-11-2-1-10(12(15)5-11)7-17-13(18)16-6-9-3-4-19-8-9/h1-2,5,9H,3-4,6-8H2,(H2,16,17,18)/t9-/m0/s1. The molecular formula is C13H16BrFN2O2. The van der Waals surface area contributed by atoms with Crippen molar-refractivity contribution < 1.29 is 13.9 Å². The maximum Gasteiger partial charge on any atom is 0.315 e. The van der Waals surface area contributed by atoms with Crippen LogP contribution in [-0.4, -0.2) is 25.8 Å². The van der Waals surface area contributed by atoms with Gasteiger partial charge in [-0.3, -0.25) is 0 Å². The average Bonchev–Trinajstić information content (AvgIpc) is 2.88. The highest BCUT2D eigenvalue weighted by molar-refractivity contribution is 9.10. The molecule has 1 saturated heterocycles. The Morgan fingerprint density at radius 3 is 3.00 bits per heavy atom. The fourth-order valence-corrected chi connectivity index (χ4v) is 2.22. The van der Waals surface area contributed by atoms with E-state index in [0.717, 1.165) is 13.0 Å². The Hall–Kier alpha value is -1.14. The van der Waals surface area contributed by atoms with Crippen molar-refractivity contribution >= 4 is 22.0 Å². The van der Waals surface area contributed by atoms with Crippen LogP contribution in [0.15, 0.2) is 22.7 Å². The smallest absolute Gasteiger partial charge is 0.315 e. The first-order chi connectivity index (χ1) is 9.15. The van der Waals surface area contributed by atoms with Crippen LogP contribution in [0, 0.1) is 11.7 Å². The van der Waals surface area contributed by atoms with Crippen molar-refractivity contribution in [3.05, 3.63) is 34.1 Å². The van der Waals surface area contributed by atoms with E-state index in [1.165, 1.54) is 6.07 Å². The summed E-state index contributed by atoms with van der Waals surface area (Å²) in [5.41, 5.74) is 0.461. The number of hydrogen-bond acceptors (Lipinski definition) is 2. The molecule has 6 heteroatoms. The topological polar surface area (TPSA) is 50.4 Å². The molecule has 2 rings (SSSR count).